The number of aryl methyl sites for hydroxylation is 2. The fourth-order valence-corrected chi connectivity index (χ4v) is 3.82. The van der Waals surface area contributed by atoms with Crippen LogP contribution in [0.1, 0.15) is 21.5 Å². The topological polar surface area (TPSA) is 44.8 Å². The Hall–Kier alpha value is -1.46. The molecular formula is C18H22LiO4P. The maximum atomic E-state index is 12.8. The van der Waals surface area contributed by atoms with E-state index < -0.39 is 0 Å². The van der Waals surface area contributed by atoms with E-state index in [1.807, 2.05) is 32.0 Å². The van der Waals surface area contributed by atoms with Gasteiger partial charge in [0.15, 0.2) is 5.52 Å². The van der Waals surface area contributed by atoms with Gasteiger partial charge in [-0.1, -0.05) is 18.2 Å². The SMILES string of the molecule is COc1cc(OC)c(PC(=O)c2c(C)cccc2C)c(OC)c1.[LiH]. The molecule has 4 nitrogen and oxygen atoms in total. The Bertz CT molecular complexity index is 686. The second-order valence-electron chi connectivity index (χ2n) is 5.13. The molecule has 2 aromatic carbocycles. The third kappa shape index (κ3) is 4.33. The van der Waals surface area contributed by atoms with E-state index in [1.54, 1.807) is 33.5 Å². The molecule has 0 saturated heterocycles. The molecule has 1 atom stereocenters. The summed E-state index contributed by atoms with van der Waals surface area (Å²) in [5.74, 6) is 1.82. The molecular weight excluding hydrogens is 318 g/mol. The number of benzene rings is 2. The molecule has 0 bridgehead atoms. The third-order valence-corrected chi connectivity index (χ3v) is 4.88. The summed E-state index contributed by atoms with van der Waals surface area (Å²) in [5, 5.41) is 0.753. The van der Waals surface area contributed by atoms with Crippen LogP contribution in [-0.4, -0.2) is 45.7 Å². The average Bonchev–Trinajstić information content (AvgIpc) is 2.54. The van der Waals surface area contributed by atoms with Crippen LogP contribution >= 0.6 is 8.58 Å². The van der Waals surface area contributed by atoms with Crippen molar-refractivity contribution >= 4 is 38.3 Å². The molecule has 0 aliphatic carbocycles. The summed E-state index contributed by atoms with van der Waals surface area (Å²) in [4.78, 5) is 12.8. The molecule has 124 valence electrons. The van der Waals surface area contributed by atoms with Crippen LogP contribution < -0.4 is 19.5 Å². The van der Waals surface area contributed by atoms with Crippen molar-refractivity contribution in [3.05, 3.63) is 47.0 Å². The molecule has 0 N–H and O–H groups in total. The fourth-order valence-electron chi connectivity index (χ4n) is 2.48. The predicted octanol–water partition coefficient (Wildman–Crippen LogP) is 2.82. The molecule has 0 saturated carbocycles. The molecule has 0 heterocycles. The Morgan fingerprint density at radius 2 is 1.42 bits per heavy atom. The van der Waals surface area contributed by atoms with E-state index >= 15 is 0 Å². The molecule has 2 rings (SSSR count). The van der Waals surface area contributed by atoms with Gasteiger partial charge in [0.05, 0.1) is 26.6 Å². The number of carbonyl (C=O) groups excluding carboxylic acids is 1. The second kappa shape index (κ2) is 9.13. The van der Waals surface area contributed by atoms with Crippen LogP contribution in [0.25, 0.3) is 0 Å². The Kier molecular flexibility index (Phi) is 7.83. The first-order valence-corrected chi connectivity index (χ1v) is 8.19. The van der Waals surface area contributed by atoms with Crippen LogP contribution in [0, 0.1) is 13.8 Å². The Morgan fingerprint density at radius 1 is 0.917 bits per heavy atom. The standard InChI is InChI=1S/C18H21O4P.Li.H/c1-11-7-6-8-12(2)16(11)18(19)23-17-14(21-4)9-13(20-3)10-15(17)22-5;;/h6-10,23H,1-5H3;;. The summed E-state index contributed by atoms with van der Waals surface area (Å²) in [7, 11) is 4.64. The Morgan fingerprint density at radius 3 is 1.83 bits per heavy atom. The van der Waals surface area contributed by atoms with E-state index in [0.717, 1.165) is 22.0 Å². The van der Waals surface area contributed by atoms with Crippen molar-refractivity contribution in [1.29, 1.82) is 0 Å². The van der Waals surface area contributed by atoms with Gasteiger partial charge in [-0.05, 0) is 33.6 Å². The van der Waals surface area contributed by atoms with Crippen LogP contribution in [-0.2, 0) is 0 Å². The summed E-state index contributed by atoms with van der Waals surface area (Å²) < 4.78 is 16.1. The summed E-state index contributed by atoms with van der Waals surface area (Å²) in [6.45, 7) is 3.90. The zero-order chi connectivity index (χ0) is 17.0. The average molecular weight is 340 g/mol. The van der Waals surface area contributed by atoms with Crippen LogP contribution in [0.5, 0.6) is 17.2 Å². The maximum absolute atomic E-state index is 12.8. The monoisotopic (exact) mass is 340 g/mol. The number of hydrogen-bond acceptors (Lipinski definition) is 4. The van der Waals surface area contributed by atoms with E-state index in [0.29, 0.717) is 17.2 Å². The van der Waals surface area contributed by atoms with Gasteiger partial charge in [0.25, 0.3) is 0 Å². The molecule has 0 amide bonds. The molecule has 0 fully saturated rings. The van der Waals surface area contributed by atoms with E-state index in [-0.39, 0.29) is 33.0 Å². The summed E-state index contributed by atoms with van der Waals surface area (Å²) in [6.07, 6.45) is 0. The molecule has 0 aromatic heterocycles. The van der Waals surface area contributed by atoms with Crippen molar-refractivity contribution in [2.24, 2.45) is 0 Å². The summed E-state index contributed by atoms with van der Waals surface area (Å²) in [6, 6.07) is 9.39. The first-order chi connectivity index (χ1) is 11.0. The van der Waals surface area contributed by atoms with Gasteiger partial charge in [-0.3, -0.25) is 4.79 Å². The molecule has 0 spiro atoms. The quantitative estimate of drug-likeness (QED) is 0.599. The van der Waals surface area contributed by atoms with Gasteiger partial charge in [0, 0.05) is 17.7 Å². The van der Waals surface area contributed by atoms with Crippen molar-refractivity contribution in [1.82, 2.24) is 0 Å². The van der Waals surface area contributed by atoms with E-state index in [4.69, 9.17) is 14.2 Å². The van der Waals surface area contributed by atoms with Gasteiger partial charge < -0.3 is 14.2 Å². The first-order valence-electron chi connectivity index (χ1n) is 7.19. The molecule has 2 aromatic rings. The van der Waals surface area contributed by atoms with Gasteiger partial charge >= 0.3 is 18.9 Å². The van der Waals surface area contributed by atoms with Crippen LogP contribution in [0.15, 0.2) is 30.3 Å². The van der Waals surface area contributed by atoms with Gasteiger partial charge in [-0.2, -0.15) is 0 Å². The number of rotatable bonds is 6. The third-order valence-electron chi connectivity index (χ3n) is 3.66. The molecule has 0 radical (unpaired) electrons. The summed E-state index contributed by atoms with van der Waals surface area (Å²) >= 11 is 0. The number of carbonyl (C=O) groups is 1. The molecule has 24 heavy (non-hydrogen) atoms. The van der Waals surface area contributed by atoms with Crippen LogP contribution in [0.4, 0.5) is 0 Å². The van der Waals surface area contributed by atoms with Gasteiger partial charge in [-0.15, -0.1) is 0 Å². The van der Waals surface area contributed by atoms with E-state index in [1.165, 1.54) is 0 Å². The number of methoxy groups -OCH3 is 3. The zero-order valence-corrected chi connectivity index (χ0v) is 15.0. The van der Waals surface area contributed by atoms with Crippen LogP contribution in [0.2, 0.25) is 0 Å². The Labute approximate surface area is 156 Å². The molecule has 1 unspecified atom stereocenters. The zero-order valence-electron chi connectivity index (χ0n) is 14.0. The summed E-state index contributed by atoms with van der Waals surface area (Å²) in [5.41, 5.74) is 2.80. The predicted molar refractivity (Wildman–Crippen MR) is 101 cm³/mol. The van der Waals surface area contributed by atoms with E-state index in [2.05, 4.69) is 0 Å². The minimum atomic E-state index is -0.0869. The van der Waals surface area contributed by atoms with Crippen molar-refractivity contribution < 1.29 is 19.0 Å². The van der Waals surface area contributed by atoms with E-state index in [9.17, 15) is 4.79 Å². The van der Waals surface area contributed by atoms with Crippen LogP contribution in [0.3, 0.4) is 0 Å². The first kappa shape index (κ1) is 20.6. The van der Waals surface area contributed by atoms with Gasteiger partial charge in [0.2, 0.25) is 0 Å². The molecule has 6 heteroatoms. The van der Waals surface area contributed by atoms with Gasteiger partial charge in [-0.25, -0.2) is 0 Å². The number of ether oxygens (including phenoxy) is 3. The van der Waals surface area contributed by atoms with Crippen molar-refractivity contribution in [2.75, 3.05) is 21.3 Å². The normalized spacial score (nSPS) is 10.4. The van der Waals surface area contributed by atoms with Gasteiger partial charge in [0.1, 0.15) is 17.2 Å². The van der Waals surface area contributed by atoms with Crippen molar-refractivity contribution in [3.8, 4) is 17.2 Å². The number of hydrogen-bond donors (Lipinski definition) is 0. The molecule has 0 aliphatic rings. The van der Waals surface area contributed by atoms with Crippen molar-refractivity contribution in [2.45, 2.75) is 13.8 Å². The molecule has 0 aliphatic heterocycles. The fraction of sp³-hybridized carbons (Fsp3) is 0.278. The minimum absolute atomic E-state index is 0. The second-order valence-corrected chi connectivity index (χ2v) is 6.33. The van der Waals surface area contributed by atoms with Crippen molar-refractivity contribution in [3.63, 3.8) is 0 Å². The Balaban J connectivity index is 0.00000288.